The van der Waals surface area contributed by atoms with E-state index in [-0.39, 0.29) is 5.91 Å². The normalized spacial score (nSPS) is 12.5. The molecule has 1 aliphatic heterocycles. The molecule has 1 heterocycles. The molecule has 3 nitrogen and oxygen atoms in total. The lowest BCUT2D eigenvalue weighted by molar-refractivity contribution is 0.102. The van der Waals surface area contributed by atoms with Crippen LogP contribution >= 0.6 is 11.8 Å². The van der Waals surface area contributed by atoms with Gasteiger partial charge in [0, 0.05) is 10.6 Å². The number of thioether (sulfide) groups is 1. The number of nitrogens with one attached hydrogen (secondary N) is 1. The van der Waals surface area contributed by atoms with Crippen molar-refractivity contribution in [1.82, 2.24) is 0 Å². The monoisotopic (exact) mass is 283 g/mol. The Bertz CT molecular complexity index is 682. The summed E-state index contributed by atoms with van der Waals surface area (Å²) in [5.74, 6) is 1.93. The largest absolute Gasteiger partial charge is 0.454 e. The predicted octanol–water partition coefficient (Wildman–Crippen LogP) is 4.32. The molecule has 0 bridgehead atoms. The number of hydrogen-bond acceptors (Lipinski definition) is 3. The minimum absolute atomic E-state index is 0.147. The molecule has 1 amide bonds. The van der Waals surface area contributed by atoms with Crippen molar-refractivity contribution in [2.24, 2.45) is 0 Å². The maximum Gasteiger partial charge on any atom is 0.259 e. The summed E-state index contributed by atoms with van der Waals surface area (Å²) in [6, 6.07) is 13.0. The zero-order chi connectivity index (χ0) is 13.9. The number of rotatable bonds is 3. The van der Waals surface area contributed by atoms with Gasteiger partial charge in [-0.25, -0.2) is 0 Å². The van der Waals surface area contributed by atoms with Crippen molar-refractivity contribution in [3.05, 3.63) is 60.7 Å². The zero-order valence-electron chi connectivity index (χ0n) is 10.8. The first-order valence-corrected chi connectivity index (χ1v) is 7.22. The van der Waals surface area contributed by atoms with E-state index in [0.29, 0.717) is 22.7 Å². The molecule has 1 N–H and O–H groups in total. The number of fused-ring (bicyclic) bond motifs is 2. The van der Waals surface area contributed by atoms with Crippen LogP contribution in [0.3, 0.4) is 0 Å². The summed E-state index contributed by atoms with van der Waals surface area (Å²) < 4.78 is 5.87. The highest BCUT2D eigenvalue weighted by molar-refractivity contribution is 7.99. The molecule has 0 saturated heterocycles. The van der Waals surface area contributed by atoms with Gasteiger partial charge in [-0.05, 0) is 30.3 Å². The second-order valence-corrected chi connectivity index (χ2v) is 5.40. The Morgan fingerprint density at radius 1 is 1.20 bits per heavy atom. The average Bonchev–Trinajstić information content (AvgIpc) is 2.61. The van der Waals surface area contributed by atoms with Gasteiger partial charge in [-0.3, -0.25) is 4.79 Å². The molecule has 2 aromatic rings. The van der Waals surface area contributed by atoms with Gasteiger partial charge >= 0.3 is 0 Å². The van der Waals surface area contributed by atoms with E-state index in [0.717, 1.165) is 10.6 Å². The second-order valence-electron chi connectivity index (χ2n) is 4.31. The van der Waals surface area contributed by atoms with Gasteiger partial charge in [0.1, 0.15) is 5.75 Å². The highest BCUT2D eigenvalue weighted by Crippen LogP contribution is 2.37. The van der Waals surface area contributed by atoms with Gasteiger partial charge in [0.15, 0.2) is 5.75 Å². The summed E-state index contributed by atoms with van der Waals surface area (Å²) in [4.78, 5) is 13.2. The van der Waals surface area contributed by atoms with Gasteiger partial charge in [0.05, 0.1) is 11.3 Å². The Morgan fingerprint density at radius 3 is 2.90 bits per heavy atom. The van der Waals surface area contributed by atoms with Crippen molar-refractivity contribution in [2.75, 3.05) is 11.1 Å². The molecule has 0 fully saturated rings. The van der Waals surface area contributed by atoms with Crippen molar-refractivity contribution in [3.63, 3.8) is 0 Å². The topological polar surface area (TPSA) is 38.3 Å². The third-order valence-electron chi connectivity index (χ3n) is 2.92. The predicted molar refractivity (Wildman–Crippen MR) is 81.8 cm³/mol. The molecular formula is C16H13NO2S. The van der Waals surface area contributed by atoms with E-state index in [4.69, 9.17) is 4.74 Å². The lowest BCUT2D eigenvalue weighted by Crippen LogP contribution is -2.10. The minimum Gasteiger partial charge on any atom is -0.454 e. The Morgan fingerprint density at radius 2 is 2.05 bits per heavy atom. The van der Waals surface area contributed by atoms with Crippen molar-refractivity contribution in [2.45, 2.75) is 4.90 Å². The molecule has 4 heteroatoms. The molecule has 0 saturated carbocycles. The number of ether oxygens (including phenoxy) is 1. The van der Waals surface area contributed by atoms with Crippen LogP contribution in [-0.4, -0.2) is 11.7 Å². The first kappa shape index (κ1) is 12.8. The molecule has 0 aromatic heterocycles. The summed E-state index contributed by atoms with van der Waals surface area (Å²) in [6.45, 7) is 3.71. The van der Waals surface area contributed by atoms with Crippen LogP contribution in [0.1, 0.15) is 10.4 Å². The van der Waals surface area contributed by atoms with E-state index in [2.05, 4.69) is 11.9 Å². The third kappa shape index (κ3) is 2.42. The second kappa shape index (κ2) is 5.43. The van der Waals surface area contributed by atoms with Gasteiger partial charge in [-0.2, -0.15) is 0 Å². The first-order chi connectivity index (χ1) is 9.78. The fourth-order valence-corrected chi connectivity index (χ4v) is 2.65. The van der Waals surface area contributed by atoms with Crippen molar-refractivity contribution in [3.8, 4) is 11.5 Å². The number of benzene rings is 2. The fourth-order valence-electron chi connectivity index (χ4n) is 1.99. The van der Waals surface area contributed by atoms with E-state index in [9.17, 15) is 4.79 Å². The molecule has 100 valence electrons. The Labute approximate surface area is 121 Å². The van der Waals surface area contributed by atoms with Gasteiger partial charge in [0.25, 0.3) is 5.91 Å². The number of anilines is 1. The molecule has 0 radical (unpaired) electrons. The fraction of sp³-hybridized carbons (Fsp3) is 0.0625. The van der Waals surface area contributed by atoms with E-state index in [1.807, 2.05) is 36.4 Å². The molecule has 0 unspecified atom stereocenters. The first-order valence-electron chi connectivity index (χ1n) is 6.24. The molecule has 3 rings (SSSR count). The van der Waals surface area contributed by atoms with E-state index >= 15 is 0 Å². The molecule has 0 atom stereocenters. The van der Waals surface area contributed by atoms with Crippen molar-refractivity contribution >= 4 is 23.4 Å². The number of carbonyl (C=O) groups is 1. The minimum atomic E-state index is -0.147. The molecule has 20 heavy (non-hydrogen) atoms. The van der Waals surface area contributed by atoms with E-state index < -0.39 is 0 Å². The lowest BCUT2D eigenvalue weighted by atomic mass is 10.2. The lowest BCUT2D eigenvalue weighted by Gasteiger charge is -2.09. The molecular weight excluding hydrogens is 270 g/mol. The zero-order valence-corrected chi connectivity index (χ0v) is 11.6. The maximum atomic E-state index is 12.1. The molecule has 1 aliphatic rings. The summed E-state index contributed by atoms with van der Waals surface area (Å²) in [7, 11) is 0. The van der Waals surface area contributed by atoms with E-state index in [1.165, 1.54) is 0 Å². The standard InChI is InChI=1S/C16H13NO2S/c1-2-9-20-11-7-8-13-15(10-11)19-14-6-4-3-5-12(14)16(18)17-13/h2-8,10H,1,9H2,(H,17,18). The highest BCUT2D eigenvalue weighted by Gasteiger charge is 2.20. The number of hydrogen-bond donors (Lipinski definition) is 1. The molecule has 0 spiro atoms. The van der Waals surface area contributed by atoms with Crippen molar-refractivity contribution in [1.29, 1.82) is 0 Å². The van der Waals surface area contributed by atoms with Crippen LogP contribution in [0.25, 0.3) is 0 Å². The van der Waals surface area contributed by atoms with Crippen LogP contribution in [0, 0.1) is 0 Å². The van der Waals surface area contributed by atoms with E-state index in [1.54, 1.807) is 23.9 Å². The van der Waals surface area contributed by atoms with Gasteiger partial charge < -0.3 is 10.1 Å². The van der Waals surface area contributed by atoms with Gasteiger partial charge in [-0.15, -0.1) is 18.3 Å². The van der Waals surface area contributed by atoms with Crippen molar-refractivity contribution < 1.29 is 9.53 Å². The summed E-state index contributed by atoms with van der Waals surface area (Å²) >= 11 is 1.67. The van der Waals surface area contributed by atoms with Crippen LogP contribution in [-0.2, 0) is 0 Å². The molecule has 2 aromatic carbocycles. The maximum absolute atomic E-state index is 12.1. The number of amides is 1. The number of carbonyl (C=O) groups excluding carboxylic acids is 1. The Kier molecular flexibility index (Phi) is 3.48. The van der Waals surface area contributed by atoms with Crippen LogP contribution in [0.15, 0.2) is 60.0 Å². The highest BCUT2D eigenvalue weighted by atomic mass is 32.2. The van der Waals surface area contributed by atoms with Crippen LogP contribution in [0.5, 0.6) is 11.5 Å². The Balaban J connectivity index is 2.00. The molecule has 0 aliphatic carbocycles. The van der Waals surface area contributed by atoms with Crippen LogP contribution in [0.4, 0.5) is 5.69 Å². The summed E-state index contributed by atoms with van der Waals surface area (Å²) in [5.41, 5.74) is 1.23. The Hall–Kier alpha value is -2.20. The van der Waals surface area contributed by atoms with Crippen LogP contribution < -0.4 is 10.1 Å². The average molecular weight is 283 g/mol. The van der Waals surface area contributed by atoms with Crippen LogP contribution in [0.2, 0.25) is 0 Å². The van der Waals surface area contributed by atoms with Gasteiger partial charge in [0.2, 0.25) is 0 Å². The summed E-state index contributed by atoms with van der Waals surface area (Å²) in [5, 5.41) is 2.87. The van der Waals surface area contributed by atoms with Gasteiger partial charge in [-0.1, -0.05) is 18.2 Å². The summed E-state index contributed by atoms with van der Waals surface area (Å²) in [6.07, 6.45) is 1.86. The SMILES string of the molecule is C=CCSc1ccc2c(c1)Oc1ccccc1C(=O)N2. The smallest absolute Gasteiger partial charge is 0.259 e. The quantitative estimate of drug-likeness (QED) is 0.673. The third-order valence-corrected chi connectivity index (χ3v) is 3.91. The number of para-hydroxylation sites is 1.